The van der Waals surface area contributed by atoms with E-state index in [0.29, 0.717) is 0 Å². The molecule has 0 unspecified atom stereocenters. The maximum absolute atomic E-state index is 4.99. The molecule has 0 atom stereocenters. The van der Waals surface area contributed by atoms with E-state index in [1.165, 1.54) is 17.9 Å². The van der Waals surface area contributed by atoms with Crippen molar-refractivity contribution < 1.29 is 4.74 Å². The van der Waals surface area contributed by atoms with Crippen LogP contribution in [0.15, 0.2) is 12.4 Å². The molecule has 6 heteroatoms. The number of hydrogen-bond acceptors (Lipinski definition) is 6. The van der Waals surface area contributed by atoms with E-state index in [0.717, 1.165) is 44.3 Å². The molecule has 1 aromatic rings. The zero-order chi connectivity index (χ0) is 13.3. The third-order valence-electron chi connectivity index (χ3n) is 3.01. The standard InChI is InChI=1S/C13H22N4OS/c1-18-6-3-14-9-12-10-15-13(16-11-12)17-4-2-7-19-8-5-17/h10-11,14H,2-9H2,1H3. The number of thioether (sulfide) groups is 1. The van der Waals surface area contributed by atoms with E-state index in [2.05, 4.69) is 20.2 Å². The Morgan fingerprint density at radius 2 is 2.16 bits per heavy atom. The van der Waals surface area contributed by atoms with E-state index in [1.807, 2.05) is 24.2 Å². The highest BCUT2D eigenvalue weighted by Crippen LogP contribution is 2.14. The Hall–Kier alpha value is -0.850. The van der Waals surface area contributed by atoms with E-state index in [4.69, 9.17) is 4.74 Å². The van der Waals surface area contributed by atoms with Crippen molar-refractivity contribution in [1.29, 1.82) is 0 Å². The molecule has 0 saturated carbocycles. The van der Waals surface area contributed by atoms with Crippen LogP contribution in [0.2, 0.25) is 0 Å². The minimum Gasteiger partial charge on any atom is -0.383 e. The molecule has 1 aliphatic rings. The van der Waals surface area contributed by atoms with Crippen molar-refractivity contribution in [2.24, 2.45) is 0 Å². The topological polar surface area (TPSA) is 50.3 Å². The fourth-order valence-corrected chi connectivity index (χ4v) is 2.84. The second-order valence-electron chi connectivity index (χ2n) is 4.51. The van der Waals surface area contributed by atoms with Crippen molar-refractivity contribution in [3.63, 3.8) is 0 Å². The smallest absolute Gasteiger partial charge is 0.225 e. The number of aromatic nitrogens is 2. The van der Waals surface area contributed by atoms with Crippen LogP contribution >= 0.6 is 11.8 Å². The van der Waals surface area contributed by atoms with Gasteiger partial charge in [-0.25, -0.2) is 9.97 Å². The fraction of sp³-hybridized carbons (Fsp3) is 0.692. The van der Waals surface area contributed by atoms with Crippen LogP contribution in [0.5, 0.6) is 0 Å². The lowest BCUT2D eigenvalue weighted by atomic mass is 10.3. The Morgan fingerprint density at radius 3 is 2.95 bits per heavy atom. The average Bonchev–Trinajstić information content (AvgIpc) is 2.73. The summed E-state index contributed by atoms with van der Waals surface area (Å²) < 4.78 is 4.99. The van der Waals surface area contributed by atoms with E-state index < -0.39 is 0 Å². The monoisotopic (exact) mass is 282 g/mol. The summed E-state index contributed by atoms with van der Waals surface area (Å²) in [5.41, 5.74) is 1.11. The molecule has 2 rings (SSSR count). The summed E-state index contributed by atoms with van der Waals surface area (Å²) in [6.45, 7) is 4.49. The largest absolute Gasteiger partial charge is 0.383 e. The molecular formula is C13H22N4OS. The van der Waals surface area contributed by atoms with Gasteiger partial charge in [-0.3, -0.25) is 0 Å². The number of nitrogens with zero attached hydrogens (tertiary/aromatic N) is 3. The summed E-state index contributed by atoms with van der Waals surface area (Å²) in [4.78, 5) is 11.2. The van der Waals surface area contributed by atoms with Crippen molar-refractivity contribution in [2.75, 3.05) is 49.8 Å². The fourth-order valence-electron chi connectivity index (χ4n) is 1.96. The average molecular weight is 282 g/mol. The van der Waals surface area contributed by atoms with Gasteiger partial charge in [0.05, 0.1) is 6.61 Å². The highest BCUT2D eigenvalue weighted by molar-refractivity contribution is 7.99. The Labute approximate surface area is 119 Å². The summed E-state index contributed by atoms with van der Waals surface area (Å²) in [6.07, 6.45) is 5.05. The summed E-state index contributed by atoms with van der Waals surface area (Å²) in [7, 11) is 1.71. The lowest BCUT2D eigenvalue weighted by Gasteiger charge is -2.19. The van der Waals surface area contributed by atoms with Gasteiger partial charge < -0.3 is 15.0 Å². The van der Waals surface area contributed by atoms with E-state index in [1.54, 1.807) is 7.11 Å². The number of methoxy groups -OCH3 is 1. The Kier molecular flexibility index (Phi) is 6.39. The minimum absolute atomic E-state index is 0.727. The Bertz CT molecular complexity index is 352. The quantitative estimate of drug-likeness (QED) is 0.790. The number of ether oxygens (including phenoxy) is 1. The van der Waals surface area contributed by atoms with Crippen molar-refractivity contribution in [3.05, 3.63) is 18.0 Å². The molecule has 0 amide bonds. The second kappa shape index (κ2) is 8.35. The number of anilines is 1. The van der Waals surface area contributed by atoms with Crippen molar-refractivity contribution in [1.82, 2.24) is 15.3 Å². The molecule has 1 saturated heterocycles. The maximum Gasteiger partial charge on any atom is 0.225 e. The van der Waals surface area contributed by atoms with Crippen molar-refractivity contribution >= 4 is 17.7 Å². The van der Waals surface area contributed by atoms with E-state index >= 15 is 0 Å². The lowest BCUT2D eigenvalue weighted by Crippen LogP contribution is -2.27. The first-order valence-corrected chi connectivity index (χ1v) is 7.89. The first kappa shape index (κ1) is 14.6. The van der Waals surface area contributed by atoms with Crippen molar-refractivity contribution in [2.45, 2.75) is 13.0 Å². The van der Waals surface area contributed by atoms with Gasteiger partial charge in [-0.2, -0.15) is 11.8 Å². The van der Waals surface area contributed by atoms with Crippen LogP contribution in [0.1, 0.15) is 12.0 Å². The molecule has 1 N–H and O–H groups in total. The van der Waals surface area contributed by atoms with Crippen LogP contribution in [0.25, 0.3) is 0 Å². The van der Waals surface area contributed by atoms with Gasteiger partial charge in [-0.1, -0.05) is 0 Å². The molecule has 5 nitrogen and oxygen atoms in total. The first-order chi connectivity index (χ1) is 9.40. The Balaban J connectivity index is 1.83. The van der Waals surface area contributed by atoms with Gasteiger partial charge in [0.2, 0.25) is 5.95 Å². The molecule has 1 aliphatic heterocycles. The van der Waals surface area contributed by atoms with Gasteiger partial charge in [-0.15, -0.1) is 0 Å². The van der Waals surface area contributed by atoms with Crippen molar-refractivity contribution in [3.8, 4) is 0 Å². The zero-order valence-electron chi connectivity index (χ0n) is 11.5. The Morgan fingerprint density at radius 1 is 1.32 bits per heavy atom. The van der Waals surface area contributed by atoms with E-state index in [9.17, 15) is 0 Å². The van der Waals surface area contributed by atoms with Gasteiger partial charge in [-0.05, 0) is 12.2 Å². The summed E-state index contributed by atoms with van der Waals surface area (Å²) in [5, 5.41) is 3.29. The first-order valence-electron chi connectivity index (χ1n) is 6.73. The van der Waals surface area contributed by atoms with Gasteiger partial charge in [0.15, 0.2) is 0 Å². The molecule has 0 aliphatic carbocycles. The third-order valence-corrected chi connectivity index (χ3v) is 4.06. The van der Waals surface area contributed by atoms with Gasteiger partial charge in [0.25, 0.3) is 0 Å². The summed E-state index contributed by atoms with van der Waals surface area (Å²) in [5.74, 6) is 3.28. The molecule has 0 spiro atoms. The molecule has 2 heterocycles. The van der Waals surface area contributed by atoms with Crippen LogP contribution in [-0.2, 0) is 11.3 Å². The third kappa shape index (κ3) is 4.97. The maximum atomic E-state index is 4.99. The summed E-state index contributed by atoms with van der Waals surface area (Å²) >= 11 is 2.01. The number of rotatable bonds is 6. The van der Waals surface area contributed by atoms with Crippen LogP contribution in [0.4, 0.5) is 5.95 Å². The predicted molar refractivity (Wildman–Crippen MR) is 79.8 cm³/mol. The van der Waals surface area contributed by atoms with Crippen LogP contribution in [0.3, 0.4) is 0 Å². The number of nitrogens with one attached hydrogen (secondary N) is 1. The SMILES string of the molecule is COCCNCc1cnc(N2CCCSCC2)nc1. The van der Waals surface area contributed by atoms with E-state index in [-0.39, 0.29) is 0 Å². The lowest BCUT2D eigenvalue weighted by molar-refractivity contribution is 0.199. The summed E-state index contributed by atoms with van der Waals surface area (Å²) in [6, 6.07) is 0. The van der Waals surface area contributed by atoms with Crippen LogP contribution in [0, 0.1) is 0 Å². The molecule has 1 fully saturated rings. The van der Waals surface area contributed by atoms with Gasteiger partial charge in [0, 0.05) is 57.0 Å². The minimum atomic E-state index is 0.727. The molecule has 0 radical (unpaired) electrons. The van der Waals surface area contributed by atoms with Gasteiger partial charge >= 0.3 is 0 Å². The molecule has 0 bridgehead atoms. The zero-order valence-corrected chi connectivity index (χ0v) is 12.3. The number of hydrogen-bond donors (Lipinski definition) is 1. The molecular weight excluding hydrogens is 260 g/mol. The molecule has 19 heavy (non-hydrogen) atoms. The van der Waals surface area contributed by atoms with Gasteiger partial charge in [0.1, 0.15) is 0 Å². The molecule has 106 valence electrons. The molecule has 1 aromatic heterocycles. The highest BCUT2D eigenvalue weighted by atomic mass is 32.2. The normalized spacial score (nSPS) is 16.4. The van der Waals surface area contributed by atoms with Crippen LogP contribution < -0.4 is 10.2 Å². The molecule has 0 aromatic carbocycles. The highest BCUT2D eigenvalue weighted by Gasteiger charge is 2.12. The van der Waals surface area contributed by atoms with Crippen LogP contribution in [-0.4, -0.2) is 54.8 Å². The second-order valence-corrected chi connectivity index (χ2v) is 5.74. The predicted octanol–water partition coefficient (Wildman–Crippen LogP) is 1.16.